The average molecular weight is 781 g/mol. The molecule has 5 atom stereocenters. The lowest BCUT2D eigenvalue weighted by Gasteiger charge is -2.41. The summed E-state index contributed by atoms with van der Waals surface area (Å²) in [6.45, 7) is 2.62. The Morgan fingerprint density at radius 3 is 2.56 bits per heavy atom. The SMILES string of the molecule is Cc1ccccc1COC(=O)C1(NP(=O)(OCC2OC(n3cnc4c(NNS(C)(=O)=O)nc(N)nc43)[C@](C)(O)[C@@H]2O)Oc2ccc(Cl)cc2)CCC1. The van der Waals surface area contributed by atoms with Crippen LogP contribution in [0.2, 0.25) is 5.02 Å². The van der Waals surface area contributed by atoms with Crippen molar-refractivity contribution in [1.82, 2.24) is 29.4 Å². The van der Waals surface area contributed by atoms with Crippen molar-refractivity contribution in [3.63, 3.8) is 0 Å². The number of hydrazine groups is 1. The van der Waals surface area contributed by atoms with Crippen LogP contribution in [0.3, 0.4) is 0 Å². The van der Waals surface area contributed by atoms with Gasteiger partial charge >= 0.3 is 13.7 Å². The summed E-state index contributed by atoms with van der Waals surface area (Å²) in [5.41, 5.74) is 6.72. The number of aliphatic hydroxyl groups excluding tert-OH is 1. The Morgan fingerprint density at radius 2 is 1.90 bits per heavy atom. The van der Waals surface area contributed by atoms with Gasteiger partial charge in [-0.2, -0.15) is 15.1 Å². The Labute approximate surface area is 303 Å². The summed E-state index contributed by atoms with van der Waals surface area (Å²) >= 11 is 6.04. The second kappa shape index (κ2) is 14.5. The zero-order valence-electron chi connectivity index (χ0n) is 28.2. The molecule has 7 N–H and O–H groups in total. The molecule has 3 unspecified atom stereocenters. The van der Waals surface area contributed by atoms with Gasteiger partial charge in [0.25, 0.3) is 0 Å². The number of nitrogens with zero attached hydrogens (tertiary/aromatic N) is 4. The van der Waals surface area contributed by atoms with Gasteiger partial charge in [-0.05, 0) is 68.5 Å². The van der Waals surface area contributed by atoms with Crippen LogP contribution in [0.15, 0.2) is 54.9 Å². The number of nitrogen functional groups attached to an aromatic ring is 1. The first-order chi connectivity index (χ1) is 24.5. The van der Waals surface area contributed by atoms with Gasteiger partial charge in [-0.1, -0.05) is 35.9 Å². The minimum atomic E-state index is -4.46. The lowest BCUT2D eigenvalue weighted by molar-refractivity contribution is -0.156. The highest BCUT2D eigenvalue weighted by molar-refractivity contribution is 7.88. The van der Waals surface area contributed by atoms with Crippen molar-refractivity contribution in [1.29, 1.82) is 0 Å². The van der Waals surface area contributed by atoms with Crippen molar-refractivity contribution >= 4 is 58.3 Å². The number of anilines is 2. The van der Waals surface area contributed by atoms with Crippen molar-refractivity contribution in [3.8, 4) is 5.75 Å². The number of carbonyl (C=O) groups is 1. The van der Waals surface area contributed by atoms with Crippen molar-refractivity contribution in [3.05, 3.63) is 71.0 Å². The number of aryl methyl sites for hydroxylation is 1. The maximum Gasteiger partial charge on any atom is 0.459 e. The van der Waals surface area contributed by atoms with Gasteiger partial charge in [0.05, 0.1) is 19.2 Å². The van der Waals surface area contributed by atoms with Crippen LogP contribution in [0.5, 0.6) is 5.75 Å². The minimum Gasteiger partial charge on any atom is -0.459 e. The van der Waals surface area contributed by atoms with Crippen LogP contribution in [0.4, 0.5) is 11.8 Å². The summed E-state index contributed by atoms with van der Waals surface area (Å²) < 4.78 is 62.5. The Bertz CT molecular complexity index is 2120. The van der Waals surface area contributed by atoms with Gasteiger partial charge < -0.3 is 29.9 Å². The molecule has 1 saturated carbocycles. The van der Waals surface area contributed by atoms with Crippen LogP contribution < -0.4 is 25.6 Å². The molecule has 4 aromatic rings. The fourth-order valence-electron chi connectivity index (χ4n) is 5.81. The molecule has 0 spiro atoms. The summed E-state index contributed by atoms with van der Waals surface area (Å²) in [6, 6.07) is 13.4. The van der Waals surface area contributed by atoms with E-state index in [-0.39, 0.29) is 48.1 Å². The van der Waals surface area contributed by atoms with Crippen LogP contribution in [-0.2, 0) is 40.0 Å². The number of esters is 1. The first-order valence-corrected chi connectivity index (χ1v) is 19.8. The molecule has 0 radical (unpaired) electrons. The summed E-state index contributed by atoms with van der Waals surface area (Å²) in [7, 11) is -8.16. The highest BCUT2D eigenvalue weighted by atomic mass is 35.5. The third kappa shape index (κ3) is 8.02. The van der Waals surface area contributed by atoms with E-state index >= 15 is 0 Å². The number of fused-ring (bicyclic) bond motifs is 1. The van der Waals surface area contributed by atoms with Crippen LogP contribution in [0.25, 0.3) is 11.2 Å². The van der Waals surface area contributed by atoms with E-state index in [4.69, 9.17) is 35.9 Å². The number of sulfonamides is 1. The average Bonchev–Trinajstić information content (AvgIpc) is 3.57. The van der Waals surface area contributed by atoms with E-state index in [9.17, 15) is 28.0 Å². The second-order valence-electron chi connectivity index (χ2n) is 12.8. The monoisotopic (exact) mass is 780 g/mol. The number of nitrogens with one attached hydrogen (secondary N) is 3. The number of ether oxygens (including phenoxy) is 2. The third-order valence-corrected chi connectivity index (χ3v) is 11.2. The van der Waals surface area contributed by atoms with E-state index in [1.165, 1.54) is 42.1 Å². The first kappa shape index (κ1) is 37.8. The van der Waals surface area contributed by atoms with Gasteiger partial charge in [-0.25, -0.2) is 18.0 Å². The lowest BCUT2D eigenvalue weighted by Crippen LogP contribution is -2.57. The number of imidazole rings is 1. The Kier molecular flexibility index (Phi) is 10.5. The van der Waals surface area contributed by atoms with E-state index in [2.05, 4.69) is 30.3 Å². The Morgan fingerprint density at radius 1 is 1.19 bits per heavy atom. The van der Waals surface area contributed by atoms with Crippen molar-refractivity contribution in [2.75, 3.05) is 24.0 Å². The fourth-order valence-corrected chi connectivity index (χ4v) is 7.96. The lowest BCUT2D eigenvalue weighted by atomic mass is 9.78. The maximum atomic E-state index is 14.5. The van der Waals surface area contributed by atoms with Crippen molar-refractivity contribution in [2.24, 2.45) is 0 Å². The van der Waals surface area contributed by atoms with Gasteiger partial charge in [-0.3, -0.25) is 19.3 Å². The summed E-state index contributed by atoms with van der Waals surface area (Å²) in [6.07, 6.45) is -0.931. The molecule has 0 amide bonds. The molecular formula is C31H38ClN8O10PS. The number of nitrogens with two attached hydrogens (primary N) is 1. The van der Waals surface area contributed by atoms with Crippen LogP contribution in [0, 0.1) is 6.92 Å². The van der Waals surface area contributed by atoms with E-state index in [0.29, 0.717) is 11.4 Å². The van der Waals surface area contributed by atoms with Gasteiger partial charge in [0.2, 0.25) is 16.0 Å². The van der Waals surface area contributed by atoms with Gasteiger partial charge in [0.15, 0.2) is 23.2 Å². The molecule has 0 bridgehead atoms. The minimum absolute atomic E-state index is 0.00197. The molecule has 1 aliphatic heterocycles. The molecule has 1 saturated heterocycles. The van der Waals surface area contributed by atoms with E-state index in [0.717, 1.165) is 17.4 Å². The fraction of sp³-hybridized carbons (Fsp3) is 0.419. The highest BCUT2D eigenvalue weighted by Gasteiger charge is 2.56. The molecule has 21 heteroatoms. The molecular weight excluding hydrogens is 743 g/mol. The molecule has 1 aliphatic carbocycles. The highest BCUT2D eigenvalue weighted by Crippen LogP contribution is 2.51. The van der Waals surface area contributed by atoms with E-state index in [1.807, 2.05) is 31.2 Å². The Hall–Kier alpha value is -3.91. The topological polar surface area (TPSA) is 251 Å². The quantitative estimate of drug-likeness (QED) is 0.0611. The largest absolute Gasteiger partial charge is 0.459 e. The number of halogens is 1. The van der Waals surface area contributed by atoms with Crippen LogP contribution in [-0.4, -0.2) is 80.3 Å². The first-order valence-electron chi connectivity index (χ1n) is 16.0. The predicted molar refractivity (Wildman–Crippen MR) is 188 cm³/mol. The van der Waals surface area contributed by atoms with Crippen molar-refractivity contribution in [2.45, 2.75) is 69.3 Å². The van der Waals surface area contributed by atoms with E-state index < -0.39 is 59.9 Å². The second-order valence-corrected chi connectivity index (χ2v) is 16.7. The predicted octanol–water partition coefficient (Wildman–Crippen LogP) is 2.72. The van der Waals surface area contributed by atoms with Crippen molar-refractivity contribution < 1.29 is 46.5 Å². The standard InChI is InChI=1S/C31H38ClN8O10PS/c1-18-7-4-5-8-19(18)15-47-28(42)31(13-6-14-31)38-51(44,50-21-11-9-20(32)10-12-21)48-16-22-24(41)30(2,43)27(49-22)40-17-34-23-25(37-39-52(3,45)46)35-29(33)36-26(23)40/h4-5,7-12,17,22,24,27,39,41,43H,6,13-16H2,1-3H3,(H,38,44)(H3,33,35,36,37)/t22?,24-,27?,30-,51?/m1/s1. The molecule has 6 rings (SSSR count). The number of rotatable bonds is 14. The van der Waals surface area contributed by atoms with Crippen LogP contribution >= 0.6 is 19.3 Å². The molecule has 2 aromatic carbocycles. The molecule has 280 valence electrons. The van der Waals surface area contributed by atoms with E-state index in [1.54, 1.807) is 0 Å². The number of aliphatic hydroxyl groups is 2. The number of aromatic nitrogens is 4. The smallest absolute Gasteiger partial charge is 0.459 e. The maximum absolute atomic E-state index is 14.5. The zero-order valence-corrected chi connectivity index (χ0v) is 30.7. The van der Waals surface area contributed by atoms with Crippen LogP contribution in [0.1, 0.15) is 43.5 Å². The molecule has 18 nitrogen and oxygen atoms in total. The molecule has 2 aromatic heterocycles. The summed E-state index contributed by atoms with van der Waals surface area (Å²) in [5.74, 6) is -0.880. The molecule has 2 fully saturated rings. The number of benzene rings is 2. The number of carbonyl (C=O) groups excluding carboxylic acids is 1. The normalized spacial score (nSPS) is 23.8. The Balaban J connectivity index is 1.23. The number of hydrogen-bond donors (Lipinski definition) is 6. The molecule has 52 heavy (non-hydrogen) atoms. The van der Waals surface area contributed by atoms with Gasteiger partial charge in [0, 0.05) is 5.02 Å². The zero-order chi connectivity index (χ0) is 37.5. The van der Waals surface area contributed by atoms with Gasteiger partial charge in [0.1, 0.15) is 35.7 Å². The summed E-state index contributed by atoms with van der Waals surface area (Å²) in [4.78, 5) is 28.0. The molecule has 3 heterocycles. The number of hydrogen-bond acceptors (Lipinski definition) is 15. The molecule has 2 aliphatic rings. The van der Waals surface area contributed by atoms with Gasteiger partial charge in [-0.15, -0.1) is 4.83 Å². The third-order valence-electron chi connectivity index (χ3n) is 8.82. The summed E-state index contributed by atoms with van der Waals surface area (Å²) in [5, 5.41) is 26.0.